The second-order valence-electron chi connectivity index (χ2n) is 6.90. The van der Waals surface area contributed by atoms with Gasteiger partial charge >= 0.3 is 0 Å². The molecule has 0 aliphatic carbocycles. The fraction of sp³-hybridized carbons (Fsp3) is 0.435. The van der Waals surface area contributed by atoms with Crippen LogP contribution in [0.3, 0.4) is 0 Å². The first-order chi connectivity index (χ1) is 14.6. The van der Waals surface area contributed by atoms with Gasteiger partial charge in [0.25, 0.3) is 5.91 Å². The lowest BCUT2D eigenvalue weighted by molar-refractivity contribution is -0.117. The van der Waals surface area contributed by atoms with Crippen molar-refractivity contribution in [1.29, 1.82) is 5.26 Å². The first kappa shape index (κ1) is 23.2. The fourth-order valence-corrected chi connectivity index (χ4v) is 3.12. The van der Waals surface area contributed by atoms with Gasteiger partial charge in [-0.25, -0.2) is 4.98 Å². The summed E-state index contributed by atoms with van der Waals surface area (Å²) in [4.78, 5) is 21.8. The lowest BCUT2D eigenvalue weighted by atomic mass is 10.0. The Morgan fingerprint density at radius 3 is 2.60 bits per heavy atom. The minimum Gasteiger partial charge on any atom is -0.492 e. The summed E-state index contributed by atoms with van der Waals surface area (Å²) in [6.45, 7) is 9.89. The molecule has 0 bridgehead atoms. The van der Waals surface area contributed by atoms with Gasteiger partial charge in [0.1, 0.15) is 29.8 Å². The van der Waals surface area contributed by atoms with Crippen LogP contribution in [0.4, 0.5) is 0 Å². The quantitative estimate of drug-likeness (QED) is 0.412. The third kappa shape index (κ3) is 7.05. The summed E-state index contributed by atoms with van der Waals surface area (Å²) in [6.07, 6.45) is 6.34. The molecule has 2 N–H and O–H groups in total. The lowest BCUT2D eigenvalue weighted by Crippen LogP contribution is -2.29. The number of nitrogens with zero attached hydrogens (tertiary/aromatic N) is 3. The largest absolute Gasteiger partial charge is 0.492 e. The number of carbonyl (C=O) groups is 1. The number of hydrogen-bond acceptors (Lipinski definition) is 5. The number of carbonyl (C=O) groups excluding carboxylic acids is 1. The molecule has 1 heterocycles. The third-order valence-electron chi connectivity index (χ3n) is 4.90. The van der Waals surface area contributed by atoms with E-state index in [2.05, 4.69) is 41.0 Å². The highest BCUT2D eigenvalue weighted by Gasteiger charge is 2.17. The molecule has 7 heteroatoms. The molecule has 0 saturated heterocycles. The van der Waals surface area contributed by atoms with Crippen LogP contribution in [0.2, 0.25) is 0 Å². The molecule has 7 nitrogen and oxygen atoms in total. The van der Waals surface area contributed by atoms with E-state index in [1.165, 1.54) is 6.08 Å². The molecule has 0 spiro atoms. The van der Waals surface area contributed by atoms with Gasteiger partial charge in [-0.2, -0.15) is 5.26 Å². The van der Waals surface area contributed by atoms with Gasteiger partial charge in [0.15, 0.2) is 0 Å². The Balaban J connectivity index is 2.01. The third-order valence-corrected chi connectivity index (χ3v) is 4.90. The normalized spacial score (nSPS) is 12.4. The molecule has 1 unspecified atom stereocenters. The van der Waals surface area contributed by atoms with Gasteiger partial charge in [-0.3, -0.25) is 4.79 Å². The molecule has 30 heavy (non-hydrogen) atoms. The maximum atomic E-state index is 12.6. The lowest BCUT2D eigenvalue weighted by Gasteiger charge is -2.20. The van der Waals surface area contributed by atoms with Crippen LogP contribution in [0.25, 0.3) is 6.08 Å². The molecule has 0 fully saturated rings. The number of amides is 1. The van der Waals surface area contributed by atoms with E-state index in [-0.39, 0.29) is 11.6 Å². The van der Waals surface area contributed by atoms with Crippen LogP contribution in [0.5, 0.6) is 5.75 Å². The molecule has 1 amide bonds. The Bertz CT molecular complexity index is 833. The first-order valence-electron chi connectivity index (χ1n) is 10.5. The molecule has 2 rings (SSSR count). The van der Waals surface area contributed by atoms with Crippen LogP contribution >= 0.6 is 0 Å². The van der Waals surface area contributed by atoms with Crippen molar-refractivity contribution in [2.75, 3.05) is 26.2 Å². The fourth-order valence-electron chi connectivity index (χ4n) is 3.12. The number of nitrogens with one attached hydrogen (secondary N) is 2. The standard InChI is InChI=1S/C23H31N5O2/c1-4-7-21(27-23(29)19(17-24)16-22-25-12-13-26-22)18-8-10-20(11-9-18)30-15-14-28(5-2)6-3/h8-13,16,21H,4-7,14-15H2,1-3H3,(H,25,26)(H,27,29)/b19-16+. The highest BCUT2D eigenvalue weighted by atomic mass is 16.5. The Morgan fingerprint density at radius 2 is 2.03 bits per heavy atom. The predicted molar refractivity (Wildman–Crippen MR) is 118 cm³/mol. The van der Waals surface area contributed by atoms with E-state index < -0.39 is 5.91 Å². The van der Waals surface area contributed by atoms with Gasteiger partial charge in [-0.15, -0.1) is 0 Å². The van der Waals surface area contributed by atoms with Crippen molar-refractivity contribution >= 4 is 12.0 Å². The highest BCUT2D eigenvalue weighted by Crippen LogP contribution is 2.22. The first-order valence-corrected chi connectivity index (χ1v) is 10.5. The van der Waals surface area contributed by atoms with E-state index in [0.29, 0.717) is 12.4 Å². The number of aromatic nitrogens is 2. The Hall–Kier alpha value is -3.11. The molecule has 1 aromatic carbocycles. The van der Waals surface area contributed by atoms with E-state index in [0.717, 1.165) is 43.8 Å². The molecule has 0 saturated carbocycles. The molecule has 160 valence electrons. The summed E-state index contributed by atoms with van der Waals surface area (Å²) in [5, 5.41) is 12.3. The van der Waals surface area contributed by atoms with Gasteiger partial charge in [0, 0.05) is 25.0 Å². The van der Waals surface area contributed by atoms with Crippen LogP contribution < -0.4 is 10.1 Å². The number of hydrogen-bond donors (Lipinski definition) is 2. The molecular formula is C23H31N5O2. The summed E-state index contributed by atoms with van der Waals surface area (Å²) in [7, 11) is 0. The van der Waals surface area contributed by atoms with Crippen molar-refractivity contribution in [2.45, 2.75) is 39.7 Å². The van der Waals surface area contributed by atoms with Crippen LogP contribution in [-0.4, -0.2) is 47.0 Å². The monoisotopic (exact) mass is 409 g/mol. The van der Waals surface area contributed by atoms with Crippen LogP contribution in [0.1, 0.15) is 51.0 Å². The van der Waals surface area contributed by atoms with Gasteiger partial charge in [0.2, 0.25) is 0 Å². The topological polar surface area (TPSA) is 94.0 Å². The smallest absolute Gasteiger partial charge is 0.262 e. The number of likely N-dealkylation sites (N-methyl/N-ethyl adjacent to an activating group) is 1. The Kier molecular flexibility index (Phi) is 9.62. The molecular weight excluding hydrogens is 378 g/mol. The minimum atomic E-state index is -0.410. The molecule has 2 aromatic rings. The minimum absolute atomic E-state index is 0.0161. The molecule has 0 radical (unpaired) electrons. The zero-order chi connectivity index (χ0) is 21.8. The summed E-state index contributed by atoms with van der Waals surface area (Å²) < 4.78 is 5.84. The van der Waals surface area contributed by atoms with Crippen molar-refractivity contribution in [2.24, 2.45) is 0 Å². The van der Waals surface area contributed by atoms with E-state index in [1.54, 1.807) is 12.4 Å². The van der Waals surface area contributed by atoms with Crippen molar-refractivity contribution in [1.82, 2.24) is 20.2 Å². The summed E-state index contributed by atoms with van der Waals surface area (Å²) in [5.74, 6) is 0.870. The Labute approximate surface area is 178 Å². The van der Waals surface area contributed by atoms with E-state index >= 15 is 0 Å². The van der Waals surface area contributed by atoms with Gasteiger partial charge in [-0.1, -0.05) is 39.3 Å². The Morgan fingerprint density at radius 1 is 1.30 bits per heavy atom. The van der Waals surface area contributed by atoms with Crippen molar-refractivity contribution in [3.05, 3.63) is 53.6 Å². The van der Waals surface area contributed by atoms with Gasteiger partial charge in [0.05, 0.1) is 6.04 Å². The maximum Gasteiger partial charge on any atom is 0.262 e. The average Bonchev–Trinajstić information content (AvgIpc) is 3.28. The predicted octanol–water partition coefficient (Wildman–Crippen LogP) is 3.69. The highest BCUT2D eigenvalue weighted by molar-refractivity contribution is 6.01. The second kappa shape index (κ2) is 12.5. The summed E-state index contributed by atoms with van der Waals surface area (Å²) >= 11 is 0. The second-order valence-corrected chi connectivity index (χ2v) is 6.90. The van der Waals surface area contributed by atoms with Crippen molar-refractivity contribution in [3.8, 4) is 11.8 Å². The molecule has 0 aliphatic heterocycles. The molecule has 1 aromatic heterocycles. The van der Waals surface area contributed by atoms with Crippen molar-refractivity contribution < 1.29 is 9.53 Å². The van der Waals surface area contributed by atoms with E-state index in [9.17, 15) is 10.1 Å². The number of benzene rings is 1. The number of nitriles is 1. The zero-order valence-electron chi connectivity index (χ0n) is 18.0. The van der Waals surface area contributed by atoms with E-state index in [4.69, 9.17) is 4.74 Å². The maximum absolute atomic E-state index is 12.6. The average molecular weight is 410 g/mol. The summed E-state index contributed by atoms with van der Waals surface area (Å²) in [6, 6.07) is 9.56. The number of imidazole rings is 1. The van der Waals surface area contributed by atoms with Crippen LogP contribution in [-0.2, 0) is 4.79 Å². The van der Waals surface area contributed by atoms with Crippen molar-refractivity contribution in [3.63, 3.8) is 0 Å². The van der Waals surface area contributed by atoms with Crippen LogP contribution in [0, 0.1) is 11.3 Å². The number of aromatic amines is 1. The van der Waals surface area contributed by atoms with Crippen LogP contribution in [0.15, 0.2) is 42.2 Å². The molecule has 0 aliphatic rings. The number of rotatable bonds is 12. The number of ether oxygens (including phenoxy) is 1. The molecule has 1 atom stereocenters. The van der Waals surface area contributed by atoms with Gasteiger partial charge < -0.3 is 19.9 Å². The van der Waals surface area contributed by atoms with E-state index in [1.807, 2.05) is 30.3 Å². The summed E-state index contributed by atoms with van der Waals surface area (Å²) in [5.41, 5.74) is 0.999. The zero-order valence-corrected chi connectivity index (χ0v) is 18.0. The SMILES string of the molecule is CCCC(NC(=O)/C(C#N)=C/c1ncc[nH]1)c1ccc(OCCN(CC)CC)cc1. The van der Waals surface area contributed by atoms with Gasteiger partial charge in [-0.05, 0) is 37.2 Å². The number of H-pyrrole nitrogens is 1.